The van der Waals surface area contributed by atoms with Crippen LogP contribution in [0.2, 0.25) is 0 Å². The van der Waals surface area contributed by atoms with E-state index in [1.54, 1.807) is 13.2 Å². The Balaban J connectivity index is 2.43. The largest absolute Gasteiger partial charge is 0.366 e. The van der Waals surface area contributed by atoms with Gasteiger partial charge in [0.05, 0.1) is 12.2 Å². The smallest absolute Gasteiger partial charge is 0.166 e. The number of nitrogens with zero attached hydrogens (tertiary/aromatic N) is 2. The second kappa shape index (κ2) is 4.06. The molecule has 2 N–H and O–H groups in total. The van der Waals surface area contributed by atoms with Gasteiger partial charge in [0.15, 0.2) is 5.11 Å². The third-order valence-electron chi connectivity index (χ3n) is 1.58. The SMILES string of the molecule is CNC(=S)NCc1ccnn1C. The summed E-state index contributed by atoms with van der Waals surface area (Å²) in [5.41, 5.74) is 1.10. The van der Waals surface area contributed by atoms with Crippen molar-refractivity contribution in [1.82, 2.24) is 20.4 Å². The fourth-order valence-electron chi connectivity index (χ4n) is 0.834. The monoisotopic (exact) mass is 184 g/mol. The highest BCUT2D eigenvalue weighted by molar-refractivity contribution is 7.80. The molecule has 5 heteroatoms. The van der Waals surface area contributed by atoms with Crippen LogP contribution in [0.15, 0.2) is 12.3 Å². The van der Waals surface area contributed by atoms with E-state index in [9.17, 15) is 0 Å². The first-order valence-electron chi connectivity index (χ1n) is 3.66. The lowest BCUT2D eigenvalue weighted by molar-refractivity contribution is 0.691. The first-order chi connectivity index (χ1) is 5.74. The maximum Gasteiger partial charge on any atom is 0.166 e. The van der Waals surface area contributed by atoms with Gasteiger partial charge in [-0.3, -0.25) is 4.68 Å². The van der Waals surface area contributed by atoms with Crippen LogP contribution in [0.5, 0.6) is 0 Å². The highest BCUT2D eigenvalue weighted by Crippen LogP contribution is 1.94. The van der Waals surface area contributed by atoms with Crippen LogP contribution in [0.4, 0.5) is 0 Å². The fourth-order valence-corrected chi connectivity index (χ4v) is 0.906. The molecule has 0 aliphatic heterocycles. The summed E-state index contributed by atoms with van der Waals surface area (Å²) in [5, 5.41) is 10.6. The van der Waals surface area contributed by atoms with Gasteiger partial charge in [-0.1, -0.05) is 0 Å². The first-order valence-corrected chi connectivity index (χ1v) is 4.07. The lowest BCUT2D eigenvalue weighted by Crippen LogP contribution is -2.32. The number of rotatable bonds is 2. The standard InChI is InChI=1S/C7H12N4S/c1-8-7(12)9-5-6-3-4-10-11(6)2/h3-4H,5H2,1-2H3,(H2,8,9,12). The molecule has 0 amide bonds. The van der Waals surface area contributed by atoms with E-state index in [4.69, 9.17) is 12.2 Å². The molecule has 0 aliphatic rings. The maximum absolute atomic E-state index is 4.92. The Morgan fingerprint density at radius 1 is 1.75 bits per heavy atom. The maximum atomic E-state index is 4.92. The number of hydrogen-bond donors (Lipinski definition) is 2. The van der Waals surface area contributed by atoms with Crippen molar-refractivity contribution in [2.75, 3.05) is 7.05 Å². The van der Waals surface area contributed by atoms with Crippen molar-refractivity contribution in [2.24, 2.45) is 7.05 Å². The predicted octanol–water partition coefficient (Wildman–Crippen LogP) is 0.0140. The second-order valence-corrected chi connectivity index (χ2v) is 2.79. The molecule has 0 saturated carbocycles. The van der Waals surface area contributed by atoms with Crippen LogP contribution in [0.25, 0.3) is 0 Å². The average molecular weight is 184 g/mol. The number of nitrogens with one attached hydrogen (secondary N) is 2. The Kier molecular flexibility index (Phi) is 3.04. The third-order valence-corrected chi connectivity index (χ3v) is 1.93. The van der Waals surface area contributed by atoms with E-state index < -0.39 is 0 Å². The summed E-state index contributed by atoms with van der Waals surface area (Å²) in [5.74, 6) is 0. The van der Waals surface area contributed by atoms with E-state index in [1.165, 1.54) is 0 Å². The van der Waals surface area contributed by atoms with E-state index in [0.717, 1.165) is 5.69 Å². The van der Waals surface area contributed by atoms with Crippen molar-refractivity contribution in [3.8, 4) is 0 Å². The molecule has 66 valence electrons. The number of aromatic nitrogens is 2. The van der Waals surface area contributed by atoms with E-state index >= 15 is 0 Å². The van der Waals surface area contributed by atoms with E-state index in [0.29, 0.717) is 11.7 Å². The van der Waals surface area contributed by atoms with E-state index in [2.05, 4.69) is 15.7 Å². The van der Waals surface area contributed by atoms with Gasteiger partial charge in [0.25, 0.3) is 0 Å². The highest BCUT2D eigenvalue weighted by Gasteiger charge is 1.97. The van der Waals surface area contributed by atoms with Gasteiger partial charge < -0.3 is 10.6 Å². The Morgan fingerprint density at radius 2 is 2.50 bits per heavy atom. The normalized spacial score (nSPS) is 9.50. The molecule has 0 aromatic carbocycles. The molecule has 1 aromatic heterocycles. The number of hydrogen-bond acceptors (Lipinski definition) is 2. The number of thiocarbonyl (C=S) groups is 1. The molecule has 1 heterocycles. The van der Waals surface area contributed by atoms with Crippen molar-refractivity contribution in [1.29, 1.82) is 0 Å². The molecule has 1 aromatic rings. The van der Waals surface area contributed by atoms with Crippen LogP contribution in [-0.2, 0) is 13.6 Å². The van der Waals surface area contributed by atoms with Crippen LogP contribution < -0.4 is 10.6 Å². The second-order valence-electron chi connectivity index (χ2n) is 2.38. The van der Waals surface area contributed by atoms with E-state index in [1.807, 2.05) is 17.8 Å². The minimum Gasteiger partial charge on any atom is -0.366 e. The highest BCUT2D eigenvalue weighted by atomic mass is 32.1. The zero-order chi connectivity index (χ0) is 8.97. The van der Waals surface area contributed by atoms with Crippen LogP contribution in [0.3, 0.4) is 0 Å². The summed E-state index contributed by atoms with van der Waals surface area (Å²) in [6.07, 6.45) is 1.76. The third kappa shape index (κ3) is 2.20. The van der Waals surface area contributed by atoms with Crippen molar-refractivity contribution in [2.45, 2.75) is 6.54 Å². The van der Waals surface area contributed by atoms with Crippen molar-refractivity contribution in [3.63, 3.8) is 0 Å². The molecule has 12 heavy (non-hydrogen) atoms. The Bertz CT molecular complexity index is 268. The summed E-state index contributed by atoms with van der Waals surface area (Å²) < 4.78 is 1.81. The Labute approximate surface area is 77.0 Å². The molecule has 1 rings (SSSR count). The van der Waals surface area contributed by atoms with Crippen LogP contribution >= 0.6 is 12.2 Å². The molecule has 0 fully saturated rings. The topological polar surface area (TPSA) is 41.9 Å². The molecule has 4 nitrogen and oxygen atoms in total. The molecular formula is C7H12N4S. The first kappa shape index (κ1) is 8.99. The summed E-state index contributed by atoms with van der Waals surface area (Å²) >= 11 is 4.92. The van der Waals surface area contributed by atoms with Gasteiger partial charge in [-0.15, -0.1) is 0 Å². The van der Waals surface area contributed by atoms with Crippen molar-refractivity contribution in [3.05, 3.63) is 18.0 Å². The summed E-state index contributed by atoms with van der Waals surface area (Å²) in [6.45, 7) is 0.705. The predicted molar refractivity (Wildman–Crippen MR) is 51.7 cm³/mol. The minimum absolute atomic E-state index is 0.649. The molecular weight excluding hydrogens is 172 g/mol. The summed E-state index contributed by atoms with van der Waals surface area (Å²) in [6, 6.07) is 1.95. The quantitative estimate of drug-likeness (QED) is 0.636. The minimum atomic E-state index is 0.649. The molecule has 0 saturated heterocycles. The molecule has 0 unspecified atom stereocenters. The van der Waals surface area contributed by atoms with Gasteiger partial charge in [-0.05, 0) is 18.3 Å². The molecule has 0 spiro atoms. The summed E-state index contributed by atoms with van der Waals surface area (Å²) in [7, 11) is 3.69. The van der Waals surface area contributed by atoms with Gasteiger partial charge in [0.1, 0.15) is 0 Å². The Hall–Kier alpha value is -1.10. The molecule has 0 atom stereocenters. The Morgan fingerprint density at radius 3 is 3.00 bits per heavy atom. The van der Waals surface area contributed by atoms with Crippen LogP contribution in [0.1, 0.15) is 5.69 Å². The molecule has 0 radical (unpaired) electrons. The van der Waals surface area contributed by atoms with Gasteiger partial charge >= 0.3 is 0 Å². The van der Waals surface area contributed by atoms with Gasteiger partial charge in [-0.2, -0.15) is 5.10 Å². The lowest BCUT2D eigenvalue weighted by Gasteiger charge is -2.06. The number of aryl methyl sites for hydroxylation is 1. The zero-order valence-corrected chi connectivity index (χ0v) is 7.98. The van der Waals surface area contributed by atoms with E-state index in [-0.39, 0.29) is 0 Å². The molecule has 0 bridgehead atoms. The van der Waals surface area contributed by atoms with Crippen LogP contribution in [0, 0.1) is 0 Å². The summed E-state index contributed by atoms with van der Waals surface area (Å²) in [4.78, 5) is 0. The lowest BCUT2D eigenvalue weighted by atomic mass is 10.4. The van der Waals surface area contributed by atoms with Gasteiger partial charge in [0.2, 0.25) is 0 Å². The van der Waals surface area contributed by atoms with Crippen molar-refractivity contribution >= 4 is 17.3 Å². The van der Waals surface area contributed by atoms with Gasteiger partial charge in [0, 0.05) is 20.3 Å². The van der Waals surface area contributed by atoms with Crippen molar-refractivity contribution < 1.29 is 0 Å². The zero-order valence-electron chi connectivity index (χ0n) is 7.16. The average Bonchev–Trinajstić information content (AvgIpc) is 2.47. The van der Waals surface area contributed by atoms with Crippen LogP contribution in [-0.4, -0.2) is 21.9 Å². The molecule has 0 aliphatic carbocycles. The fraction of sp³-hybridized carbons (Fsp3) is 0.429. The van der Waals surface area contributed by atoms with Gasteiger partial charge in [-0.25, -0.2) is 0 Å².